The fourth-order valence-electron chi connectivity index (χ4n) is 2.16. The topological polar surface area (TPSA) is 57.6 Å². The van der Waals surface area contributed by atoms with Crippen LogP contribution in [0.4, 0.5) is 0 Å². The Hall–Kier alpha value is 0.0500. The molecule has 2 rings (SSSR count). The maximum absolute atomic E-state index is 12.3. The van der Waals surface area contributed by atoms with Crippen molar-refractivity contribution in [3.63, 3.8) is 0 Å². The Labute approximate surface area is 120 Å². The molecule has 0 aromatic carbocycles. The predicted octanol–water partition coefficient (Wildman–Crippen LogP) is 2.29. The zero-order valence-corrected chi connectivity index (χ0v) is 13.3. The first-order chi connectivity index (χ1) is 8.41. The van der Waals surface area contributed by atoms with E-state index in [1.807, 2.05) is 0 Å². The summed E-state index contributed by atoms with van der Waals surface area (Å²) in [5.74, 6) is 0.214. The molecule has 102 valence electrons. The molecule has 1 aliphatic rings. The van der Waals surface area contributed by atoms with Crippen molar-refractivity contribution in [2.75, 3.05) is 13.1 Å². The van der Waals surface area contributed by atoms with Crippen LogP contribution in [0.15, 0.2) is 20.1 Å². The SMILES string of the molecule is CC(O)C1CCN(S(=O)(=O)c2ccc(Br)s2)CC1. The Balaban J connectivity index is 2.09. The summed E-state index contributed by atoms with van der Waals surface area (Å²) in [5.41, 5.74) is 0. The van der Waals surface area contributed by atoms with Crippen molar-refractivity contribution in [2.24, 2.45) is 5.92 Å². The van der Waals surface area contributed by atoms with E-state index >= 15 is 0 Å². The molecule has 0 saturated carbocycles. The number of sulfonamides is 1. The van der Waals surface area contributed by atoms with Crippen LogP contribution in [0.1, 0.15) is 19.8 Å². The van der Waals surface area contributed by atoms with Gasteiger partial charge in [0, 0.05) is 13.1 Å². The van der Waals surface area contributed by atoms with Gasteiger partial charge < -0.3 is 5.11 Å². The van der Waals surface area contributed by atoms with Crippen LogP contribution in [-0.4, -0.2) is 37.0 Å². The smallest absolute Gasteiger partial charge is 0.252 e. The zero-order chi connectivity index (χ0) is 13.3. The number of aliphatic hydroxyl groups is 1. The highest BCUT2D eigenvalue weighted by atomic mass is 79.9. The molecule has 2 heterocycles. The lowest BCUT2D eigenvalue weighted by Gasteiger charge is -2.32. The first-order valence-electron chi connectivity index (χ1n) is 5.85. The summed E-state index contributed by atoms with van der Waals surface area (Å²) in [6.07, 6.45) is 1.10. The second-order valence-electron chi connectivity index (χ2n) is 4.54. The summed E-state index contributed by atoms with van der Waals surface area (Å²) in [5, 5.41) is 9.51. The van der Waals surface area contributed by atoms with Crippen LogP contribution in [0, 0.1) is 5.92 Å². The van der Waals surface area contributed by atoms with Gasteiger partial charge in [-0.15, -0.1) is 11.3 Å². The van der Waals surface area contributed by atoms with Gasteiger partial charge in [-0.05, 0) is 53.7 Å². The van der Waals surface area contributed by atoms with E-state index < -0.39 is 10.0 Å². The third-order valence-corrected chi connectivity index (χ3v) is 7.31. The highest BCUT2D eigenvalue weighted by Gasteiger charge is 2.31. The zero-order valence-electron chi connectivity index (χ0n) is 10.0. The first kappa shape index (κ1) is 14.5. The lowest BCUT2D eigenvalue weighted by atomic mass is 9.93. The standard InChI is InChI=1S/C11H16BrNO3S2/c1-8(14)9-4-6-13(7-5-9)18(15,16)11-3-2-10(12)17-11/h2-3,8-9,14H,4-7H2,1H3. The van der Waals surface area contributed by atoms with Crippen LogP contribution in [0.3, 0.4) is 0 Å². The molecule has 1 aromatic heterocycles. The van der Waals surface area contributed by atoms with E-state index in [9.17, 15) is 13.5 Å². The number of hydrogen-bond donors (Lipinski definition) is 1. The number of nitrogens with zero attached hydrogens (tertiary/aromatic N) is 1. The molecule has 1 N–H and O–H groups in total. The summed E-state index contributed by atoms with van der Waals surface area (Å²) in [4.78, 5) is 0. The molecule has 1 unspecified atom stereocenters. The van der Waals surface area contributed by atoms with Crippen LogP contribution in [0.2, 0.25) is 0 Å². The van der Waals surface area contributed by atoms with Crippen molar-refractivity contribution in [2.45, 2.75) is 30.1 Å². The molecule has 0 radical (unpaired) electrons. The van der Waals surface area contributed by atoms with Crippen molar-refractivity contribution in [3.05, 3.63) is 15.9 Å². The van der Waals surface area contributed by atoms with Gasteiger partial charge >= 0.3 is 0 Å². The molecule has 0 bridgehead atoms. The van der Waals surface area contributed by atoms with Crippen LogP contribution in [-0.2, 0) is 10.0 Å². The number of hydrogen-bond acceptors (Lipinski definition) is 4. The first-order valence-corrected chi connectivity index (χ1v) is 8.90. The molecule has 0 aliphatic carbocycles. The minimum atomic E-state index is -3.35. The van der Waals surface area contributed by atoms with E-state index in [0.29, 0.717) is 17.3 Å². The molecule has 1 fully saturated rings. The fourth-order valence-corrected chi connectivity index (χ4v) is 5.80. The molecule has 18 heavy (non-hydrogen) atoms. The lowest BCUT2D eigenvalue weighted by Crippen LogP contribution is -2.40. The van der Waals surface area contributed by atoms with Gasteiger partial charge in [-0.25, -0.2) is 8.42 Å². The minimum Gasteiger partial charge on any atom is -0.393 e. The molecule has 1 atom stereocenters. The van der Waals surface area contributed by atoms with E-state index in [0.717, 1.165) is 16.6 Å². The third-order valence-electron chi connectivity index (χ3n) is 3.32. The maximum atomic E-state index is 12.3. The second kappa shape index (κ2) is 5.58. The molecular formula is C11H16BrNO3S2. The average molecular weight is 354 g/mol. The Bertz CT molecular complexity index is 504. The van der Waals surface area contributed by atoms with Gasteiger partial charge in [-0.1, -0.05) is 0 Å². The highest BCUT2D eigenvalue weighted by molar-refractivity contribution is 9.11. The maximum Gasteiger partial charge on any atom is 0.252 e. The van der Waals surface area contributed by atoms with Gasteiger partial charge in [-0.3, -0.25) is 0 Å². The molecule has 0 amide bonds. The number of thiophene rings is 1. The number of rotatable bonds is 3. The highest BCUT2D eigenvalue weighted by Crippen LogP contribution is 2.31. The largest absolute Gasteiger partial charge is 0.393 e. The summed E-state index contributed by atoms with van der Waals surface area (Å²) in [7, 11) is -3.35. The third kappa shape index (κ3) is 2.96. The second-order valence-corrected chi connectivity index (χ2v) is 9.17. The molecule has 7 heteroatoms. The van der Waals surface area contributed by atoms with Crippen molar-refractivity contribution < 1.29 is 13.5 Å². The Morgan fingerprint density at radius 3 is 2.50 bits per heavy atom. The summed E-state index contributed by atoms with van der Waals surface area (Å²) in [6, 6.07) is 3.38. The average Bonchev–Trinajstić information content (AvgIpc) is 2.76. The molecule has 1 saturated heterocycles. The summed E-state index contributed by atoms with van der Waals surface area (Å²) in [6.45, 7) is 2.76. The predicted molar refractivity (Wildman–Crippen MR) is 75.2 cm³/mol. The van der Waals surface area contributed by atoms with E-state index in [4.69, 9.17) is 0 Å². The van der Waals surface area contributed by atoms with E-state index in [1.165, 1.54) is 15.6 Å². The van der Waals surface area contributed by atoms with Crippen LogP contribution in [0.25, 0.3) is 0 Å². The Morgan fingerprint density at radius 2 is 2.06 bits per heavy atom. The Kier molecular flexibility index (Phi) is 4.48. The van der Waals surface area contributed by atoms with Gasteiger partial charge in [0.2, 0.25) is 0 Å². The summed E-state index contributed by atoms with van der Waals surface area (Å²) < 4.78 is 27.4. The molecule has 0 spiro atoms. The van der Waals surface area contributed by atoms with Crippen molar-refractivity contribution >= 4 is 37.3 Å². The van der Waals surface area contributed by atoms with Crippen LogP contribution in [0.5, 0.6) is 0 Å². The minimum absolute atomic E-state index is 0.214. The van der Waals surface area contributed by atoms with Gasteiger partial charge in [0.1, 0.15) is 4.21 Å². The Morgan fingerprint density at radius 1 is 1.44 bits per heavy atom. The van der Waals surface area contributed by atoms with Crippen LogP contribution >= 0.6 is 27.3 Å². The van der Waals surface area contributed by atoms with Crippen molar-refractivity contribution in [1.29, 1.82) is 0 Å². The van der Waals surface area contributed by atoms with Crippen molar-refractivity contribution in [1.82, 2.24) is 4.31 Å². The summed E-state index contributed by atoms with van der Waals surface area (Å²) >= 11 is 4.51. The quantitative estimate of drug-likeness (QED) is 0.906. The van der Waals surface area contributed by atoms with E-state index in [-0.39, 0.29) is 12.0 Å². The van der Waals surface area contributed by atoms with Gasteiger partial charge in [0.15, 0.2) is 0 Å². The molecule has 1 aromatic rings. The molecule has 4 nitrogen and oxygen atoms in total. The van der Waals surface area contributed by atoms with E-state index in [1.54, 1.807) is 19.1 Å². The number of halogens is 1. The van der Waals surface area contributed by atoms with Gasteiger partial charge in [0.25, 0.3) is 10.0 Å². The fraction of sp³-hybridized carbons (Fsp3) is 0.636. The van der Waals surface area contributed by atoms with Gasteiger partial charge in [0.05, 0.1) is 9.89 Å². The monoisotopic (exact) mass is 353 g/mol. The normalized spacial score (nSPS) is 21.1. The molecular weight excluding hydrogens is 338 g/mol. The number of piperidine rings is 1. The van der Waals surface area contributed by atoms with Crippen molar-refractivity contribution in [3.8, 4) is 0 Å². The van der Waals surface area contributed by atoms with Gasteiger partial charge in [-0.2, -0.15) is 4.31 Å². The number of aliphatic hydroxyl groups excluding tert-OH is 1. The lowest BCUT2D eigenvalue weighted by molar-refractivity contribution is 0.0912. The molecule has 1 aliphatic heterocycles. The van der Waals surface area contributed by atoms with Crippen LogP contribution < -0.4 is 0 Å². The van der Waals surface area contributed by atoms with E-state index in [2.05, 4.69) is 15.9 Å².